The van der Waals surface area contributed by atoms with Crippen molar-refractivity contribution in [2.24, 2.45) is 0 Å². The van der Waals surface area contributed by atoms with Crippen LogP contribution in [-0.2, 0) is 14.3 Å². The number of hydrogen-bond acceptors (Lipinski definition) is 5. The summed E-state index contributed by atoms with van der Waals surface area (Å²) in [6, 6.07) is 4.54. The lowest BCUT2D eigenvalue weighted by molar-refractivity contribution is -0.140. The molecule has 0 aliphatic heterocycles. The summed E-state index contributed by atoms with van der Waals surface area (Å²) in [6.07, 6.45) is 4.40. The zero-order valence-corrected chi connectivity index (χ0v) is 19.1. The molecule has 0 saturated heterocycles. The highest BCUT2D eigenvalue weighted by Gasteiger charge is 2.33. The molecule has 8 nitrogen and oxygen atoms in total. The van der Waals surface area contributed by atoms with Crippen LogP contribution in [0.5, 0.6) is 5.75 Å². The van der Waals surface area contributed by atoms with Crippen LogP contribution >= 0.6 is 0 Å². The summed E-state index contributed by atoms with van der Waals surface area (Å²) in [5.74, 6) is -0.746. The maximum absolute atomic E-state index is 13.2. The van der Waals surface area contributed by atoms with Gasteiger partial charge in [-0.25, -0.2) is 4.79 Å². The molecule has 1 fully saturated rings. The maximum Gasteiger partial charge on any atom is 0.408 e. The van der Waals surface area contributed by atoms with E-state index in [0.29, 0.717) is 5.56 Å². The molecule has 31 heavy (non-hydrogen) atoms. The van der Waals surface area contributed by atoms with Crippen molar-refractivity contribution in [3.05, 3.63) is 29.8 Å². The second-order valence-electron chi connectivity index (χ2n) is 9.16. The Morgan fingerprint density at radius 1 is 1.16 bits per heavy atom. The fraction of sp³-hybridized carbons (Fsp3) is 0.609. The molecule has 0 aromatic heterocycles. The van der Waals surface area contributed by atoms with Gasteiger partial charge in [-0.2, -0.15) is 0 Å². The zero-order chi connectivity index (χ0) is 23.2. The Morgan fingerprint density at radius 3 is 2.39 bits per heavy atom. The summed E-state index contributed by atoms with van der Waals surface area (Å²) in [4.78, 5) is 39.6. The summed E-state index contributed by atoms with van der Waals surface area (Å²) < 4.78 is 5.21. The Bertz CT molecular complexity index is 784. The SMILES string of the molecule is CC(NC(=O)OC(C)(C)C)C(=O)N(C)C(C(=O)NC1CCCCC1)c1cccc(O)c1. The number of rotatable bonds is 6. The molecule has 1 aliphatic carbocycles. The molecule has 8 heteroatoms. The second kappa shape index (κ2) is 10.5. The summed E-state index contributed by atoms with van der Waals surface area (Å²) in [7, 11) is 1.52. The Labute approximate surface area is 184 Å². The maximum atomic E-state index is 13.2. The molecule has 0 bridgehead atoms. The van der Waals surface area contributed by atoms with Crippen LogP contribution in [0.1, 0.15) is 71.4 Å². The third kappa shape index (κ3) is 7.45. The van der Waals surface area contributed by atoms with Crippen molar-refractivity contribution in [1.29, 1.82) is 0 Å². The first-order chi connectivity index (χ1) is 14.5. The fourth-order valence-electron chi connectivity index (χ4n) is 3.75. The van der Waals surface area contributed by atoms with E-state index in [2.05, 4.69) is 10.6 Å². The van der Waals surface area contributed by atoms with Gasteiger partial charge in [0.25, 0.3) is 0 Å². The van der Waals surface area contributed by atoms with Crippen LogP contribution in [0.25, 0.3) is 0 Å². The normalized spacial score (nSPS) is 16.7. The number of amides is 3. The van der Waals surface area contributed by atoms with Crippen LogP contribution in [-0.4, -0.2) is 52.6 Å². The average Bonchev–Trinajstić information content (AvgIpc) is 2.66. The lowest BCUT2D eigenvalue weighted by Crippen LogP contribution is -2.51. The van der Waals surface area contributed by atoms with Gasteiger partial charge < -0.3 is 25.4 Å². The van der Waals surface area contributed by atoms with E-state index < -0.39 is 29.7 Å². The molecule has 1 aromatic rings. The van der Waals surface area contributed by atoms with Crippen molar-refractivity contribution in [3.63, 3.8) is 0 Å². The molecule has 1 aromatic carbocycles. The standard InChI is InChI=1S/C23H35N3O5/c1-15(24-22(30)31-23(2,3)4)21(29)26(5)19(16-10-9-13-18(27)14-16)20(28)25-17-11-7-6-8-12-17/h9-10,13-15,17,19,27H,6-8,11-12H2,1-5H3,(H,24,30)(H,25,28). The van der Waals surface area contributed by atoms with Gasteiger partial charge in [0.05, 0.1) is 0 Å². The Morgan fingerprint density at radius 2 is 1.81 bits per heavy atom. The average molecular weight is 434 g/mol. The smallest absolute Gasteiger partial charge is 0.408 e. The Balaban J connectivity index is 2.18. The van der Waals surface area contributed by atoms with Gasteiger partial charge in [-0.15, -0.1) is 0 Å². The van der Waals surface area contributed by atoms with Gasteiger partial charge >= 0.3 is 6.09 Å². The molecule has 3 amide bonds. The fourth-order valence-corrected chi connectivity index (χ4v) is 3.75. The quantitative estimate of drug-likeness (QED) is 0.638. The van der Waals surface area contributed by atoms with Gasteiger partial charge in [0.1, 0.15) is 23.4 Å². The number of carbonyl (C=O) groups excluding carboxylic acids is 3. The number of nitrogens with zero attached hydrogens (tertiary/aromatic N) is 1. The first-order valence-corrected chi connectivity index (χ1v) is 10.8. The van der Waals surface area contributed by atoms with Crippen LogP contribution in [0.3, 0.4) is 0 Å². The van der Waals surface area contributed by atoms with E-state index in [1.807, 2.05) is 0 Å². The molecule has 0 radical (unpaired) electrons. The van der Waals surface area contributed by atoms with Gasteiger partial charge in [0, 0.05) is 13.1 Å². The Hall–Kier alpha value is -2.77. The van der Waals surface area contributed by atoms with E-state index in [4.69, 9.17) is 4.74 Å². The third-order valence-corrected chi connectivity index (χ3v) is 5.22. The number of aromatic hydroxyl groups is 1. The van der Waals surface area contributed by atoms with Crippen LogP contribution in [0.4, 0.5) is 4.79 Å². The summed E-state index contributed by atoms with van der Waals surface area (Å²) in [5, 5.41) is 15.5. The highest BCUT2D eigenvalue weighted by molar-refractivity contribution is 5.91. The molecule has 1 saturated carbocycles. The van der Waals surface area contributed by atoms with Gasteiger partial charge in [-0.1, -0.05) is 31.4 Å². The number of carbonyl (C=O) groups is 3. The molecule has 2 rings (SSSR count). The molecule has 2 unspecified atom stereocenters. The van der Waals surface area contributed by atoms with Gasteiger partial charge in [0.15, 0.2) is 0 Å². The van der Waals surface area contributed by atoms with Crippen molar-refractivity contribution in [3.8, 4) is 5.75 Å². The highest BCUT2D eigenvalue weighted by atomic mass is 16.6. The number of likely N-dealkylation sites (N-methyl/N-ethyl adjacent to an activating group) is 1. The number of hydrogen-bond donors (Lipinski definition) is 3. The third-order valence-electron chi connectivity index (χ3n) is 5.22. The minimum Gasteiger partial charge on any atom is -0.508 e. The van der Waals surface area contributed by atoms with Gasteiger partial charge in [-0.05, 0) is 58.2 Å². The molecule has 0 heterocycles. The Kier molecular flexibility index (Phi) is 8.30. The van der Waals surface area contributed by atoms with E-state index in [-0.39, 0.29) is 17.7 Å². The molecular weight excluding hydrogens is 398 g/mol. The van der Waals surface area contributed by atoms with Crippen molar-refractivity contribution >= 4 is 17.9 Å². The van der Waals surface area contributed by atoms with Gasteiger partial charge in [0.2, 0.25) is 11.8 Å². The molecule has 0 spiro atoms. The van der Waals surface area contributed by atoms with Gasteiger partial charge in [-0.3, -0.25) is 9.59 Å². The van der Waals surface area contributed by atoms with Crippen molar-refractivity contribution in [1.82, 2.24) is 15.5 Å². The van der Waals surface area contributed by atoms with E-state index in [1.165, 1.54) is 24.1 Å². The van der Waals surface area contributed by atoms with Crippen molar-refractivity contribution in [2.75, 3.05) is 7.05 Å². The summed E-state index contributed by atoms with van der Waals surface area (Å²) in [5.41, 5.74) is -0.198. The van der Waals surface area contributed by atoms with Crippen molar-refractivity contribution in [2.45, 2.75) is 83.5 Å². The van der Waals surface area contributed by atoms with E-state index in [0.717, 1.165) is 32.1 Å². The largest absolute Gasteiger partial charge is 0.508 e. The summed E-state index contributed by atoms with van der Waals surface area (Å²) in [6.45, 7) is 6.75. The minimum absolute atomic E-state index is 0.00810. The first-order valence-electron chi connectivity index (χ1n) is 10.8. The lowest BCUT2D eigenvalue weighted by atomic mass is 9.94. The van der Waals surface area contributed by atoms with E-state index in [1.54, 1.807) is 39.8 Å². The van der Waals surface area contributed by atoms with Crippen LogP contribution in [0, 0.1) is 0 Å². The molecule has 2 atom stereocenters. The number of ether oxygens (including phenoxy) is 1. The minimum atomic E-state index is -0.940. The number of phenolic OH excluding ortho intramolecular Hbond substituents is 1. The van der Waals surface area contributed by atoms with Crippen LogP contribution in [0.15, 0.2) is 24.3 Å². The van der Waals surface area contributed by atoms with Crippen LogP contribution in [0.2, 0.25) is 0 Å². The topological polar surface area (TPSA) is 108 Å². The molecular formula is C23H35N3O5. The second-order valence-corrected chi connectivity index (χ2v) is 9.16. The number of benzene rings is 1. The van der Waals surface area contributed by atoms with E-state index in [9.17, 15) is 19.5 Å². The highest BCUT2D eigenvalue weighted by Crippen LogP contribution is 2.25. The number of phenols is 1. The van der Waals surface area contributed by atoms with E-state index >= 15 is 0 Å². The molecule has 172 valence electrons. The lowest BCUT2D eigenvalue weighted by Gasteiger charge is -2.32. The number of alkyl carbamates (subject to hydrolysis) is 1. The van der Waals surface area contributed by atoms with Crippen molar-refractivity contribution < 1.29 is 24.2 Å². The molecule has 3 N–H and O–H groups in total. The predicted molar refractivity (Wildman–Crippen MR) is 117 cm³/mol. The van der Waals surface area contributed by atoms with Crippen LogP contribution < -0.4 is 10.6 Å². The number of nitrogens with one attached hydrogen (secondary N) is 2. The molecule has 1 aliphatic rings. The monoisotopic (exact) mass is 433 g/mol. The first kappa shape index (κ1) is 24.5. The summed E-state index contributed by atoms with van der Waals surface area (Å²) >= 11 is 0. The predicted octanol–water partition coefficient (Wildman–Crippen LogP) is 3.25. The zero-order valence-electron chi connectivity index (χ0n) is 19.1.